The molecule has 1 atom stereocenters. The fourth-order valence-corrected chi connectivity index (χ4v) is 2.38. The summed E-state index contributed by atoms with van der Waals surface area (Å²) >= 11 is 5.11. The van der Waals surface area contributed by atoms with Gasteiger partial charge in [0.15, 0.2) is 23.0 Å². The van der Waals surface area contributed by atoms with Crippen molar-refractivity contribution < 1.29 is 30.3 Å². The monoisotopic (exact) mass is 375 g/mol. The molecule has 0 saturated heterocycles. The van der Waals surface area contributed by atoms with Crippen LogP contribution in [0.25, 0.3) is 6.08 Å². The predicted molar refractivity (Wildman–Crippen MR) is 99.4 cm³/mol. The second-order valence-electron chi connectivity index (χ2n) is 5.51. The van der Waals surface area contributed by atoms with Gasteiger partial charge in [0.05, 0.1) is 4.99 Å². The Morgan fingerprint density at radius 1 is 1.00 bits per heavy atom. The number of nitrogens with one attached hydrogen (secondary N) is 1. The molecule has 2 aromatic rings. The maximum atomic E-state index is 11.4. The van der Waals surface area contributed by atoms with Crippen LogP contribution in [0.3, 0.4) is 0 Å². The number of phenols is 4. The molecule has 0 aliphatic rings. The number of carboxylic acid groups (broad SMARTS) is 1. The zero-order chi connectivity index (χ0) is 19.3. The van der Waals surface area contributed by atoms with Crippen molar-refractivity contribution in [2.45, 2.75) is 12.5 Å². The molecule has 136 valence electrons. The van der Waals surface area contributed by atoms with Gasteiger partial charge in [-0.3, -0.25) is 0 Å². The molecule has 0 saturated carbocycles. The number of aliphatic carboxylic acids is 1. The Morgan fingerprint density at radius 3 is 2.19 bits per heavy atom. The van der Waals surface area contributed by atoms with Gasteiger partial charge in [-0.25, -0.2) is 4.79 Å². The maximum Gasteiger partial charge on any atom is 0.326 e. The third-order valence-electron chi connectivity index (χ3n) is 3.52. The lowest BCUT2D eigenvalue weighted by Gasteiger charge is -2.15. The number of benzene rings is 2. The van der Waals surface area contributed by atoms with Crippen LogP contribution in [0.5, 0.6) is 23.0 Å². The van der Waals surface area contributed by atoms with Gasteiger partial charge in [0.25, 0.3) is 0 Å². The van der Waals surface area contributed by atoms with E-state index in [9.17, 15) is 30.3 Å². The standard InChI is InChI=1S/C18H17NO6S/c20-13-4-1-10(8-15(13)22)3-6-17(26)19-12(18(24)25)7-11-2-5-14(21)16(23)9-11/h1-6,8-9,12,20-23H,7H2,(H,19,26)(H,24,25)/b6-3+/t12-/m0/s1. The van der Waals surface area contributed by atoms with Gasteiger partial charge < -0.3 is 30.8 Å². The van der Waals surface area contributed by atoms with Crippen LogP contribution in [0.2, 0.25) is 0 Å². The summed E-state index contributed by atoms with van der Waals surface area (Å²) in [7, 11) is 0. The molecule has 7 nitrogen and oxygen atoms in total. The van der Waals surface area contributed by atoms with Crippen LogP contribution in [0.4, 0.5) is 0 Å². The van der Waals surface area contributed by atoms with E-state index in [1.807, 2.05) is 0 Å². The molecule has 8 heteroatoms. The van der Waals surface area contributed by atoms with Gasteiger partial charge in [-0.15, -0.1) is 0 Å². The Balaban J connectivity index is 2.05. The number of carbonyl (C=O) groups is 1. The lowest BCUT2D eigenvalue weighted by molar-refractivity contribution is -0.139. The van der Waals surface area contributed by atoms with E-state index in [0.29, 0.717) is 11.1 Å². The second kappa shape index (κ2) is 8.21. The Labute approximate surface area is 154 Å². The van der Waals surface area contributed by atoms with Gasteiger partial charge in [0.2, 0.25) is 0 Å². The summed E-state index contributed by atoms with van der Waals surface area (Å²) in [6, 6.07) is 7.24. The van der Waals surface area contributed by atoms with Gasteiger partial charge in [-0.05, 0) is 41.5 Å². The van der Waals surface area contributed by atoms with E-state index >= 15 is 0 Å². The lowest BCUT2D eigenvalue weighted by atomic mass is 10.1. The van der Waals surface area contributed by atoms with Crippen LogP contribution < -0.4 is 5.32 Å². The minimum Gasteiger partial charge on any atom is -0.504 e. The molecule has 0 fully saturated rings. The van der Waals surface area contributed by atoms with Crippen LogP contribution in [0, 0.1) is 0 Å². The number of hydrogen-bond acceptors (Lipinski definition) is 6. The van der Waals surface area contributed by atoms with E-state index in [4.69, 9.17) is 12.2 Å². The average Bonchev–Trinajstić information content (AvgIpc) is 2.58. The fourth-order valence-electron chi connectivity index (χ4n) is 2.17. The van der Waals surface area contributed by atoms with Gasteiger partial charge >= 0.3 is 5.97 Å². The van der Waals surface area contributed by atoms with Crippen molar-refractivity contribution in [3.05, 3.63) is 53.6 Å². The second-order valence-corrected chi connectivity index (χ2v) is 5.95. The molecule has 0 spiro atoms. The zero-order valence-corrected chi connectivity index (χ0v) is 14.3. The normalized spacial score (nSPS) is 12.0. The smallest absolute Gasteiger partial charge is 0.326 e. The summed E-state index contributed by atoms with van der Waals surface area (Å²) in [5, 5.41) is 49.5. The van der Waals surface area contributed by atoms with Crippen LogP contribution >= 0.6 is 12.2 Å². The SMILES string of the molecule is O=C(O)[C@H](Cc1ccc(O)c(O)c1)NC(=S)/C=C/c1ccc(O)c(O)c1. The molecular formula is C18H17NO6S. The van der Waals surface area contributed by atoms with Gasteiger partial charge in [-0.1, -0.05) is 30.4 Å². The lowest BCUT2D eigenvalue weighted by Crippen LogP contribution is -2.40. The number of thiocarbonyl (C=S) groups is 1. The van der Waals surface area contributed by atoms with E-state index in [1.54, 1.807) is 12.1 Å². The highest BCUT2D eigenvalue weighted by Gasteiger charge is 2.18. The third-order valence-corrected chi connectivity index (χ3v) is 3.77. The van der Waals surface area contributed by atoms with E-state index in [-0.39, 0.29) is 34.4 Å². The molecule has 6 N–H and O–H groups in total. The van der Waals surface area contributed by atoms with Crippen molar-refractivity contribution in [1.29, 1.82) is 0 Å². The molecule has 0 unspecified atom stereocenters. The number of hydrogen-bond donors (Lipinski definition) is 6. The van der Waals surface area contributed by atoms with Gasteiger partial charge in [0, 0.05) is 6.42 Å². The quantitative estimate of drug-likeness (QED) is 0.257. The highest BCUT2D eigenvalue weighted by molar-refractivity contribution is 7.80. The van der Waals surface area contributed by atoms with Crippen molar-refractivity contribution in [3.8, 4) is 23.0 Å². The minimum atomic E-state index is -1.13. The fraction of sp³-hybridized carbons (Fsp3) is 0.111. The Hall–Kier alpha value is -3.26. The van der Waals surface area contributed by atoms with Crippen LogP contribution in [-0.2, 0) is 11.2 Å². The Morgan fingerprint density at radius 2 is 1.62 bits per heavy atom. The summed E-state index contributed by atoms with van der Waals surface area (Å²) < 4.78 is 0. The van der Waals surface area contributed by atoms with Crippen molar-refractivity contribution >= 4 is 29.3 Å². The van der Waals surface area contributed by atoms with E-state index in [2.05, 4.69) is 5.32 Å². The average molecular weight is 375 g/mol. The largest absolute Gasteiger partial charge is 0.504 e. The highest BCUT2D eigenvalue weighted by Crippen LogP contribution is 2.26. The summed E-state index contributed by atoms with van der Waals surface area (Å²) in [6.07, 6.45) is 3.06. The first-order valence-corrected chi connectivity index (χ1v) is 7.91. The number of carboxylic acids is 1. The number of aromatic hydroxyl groups is 4. The minimum absolute atomic E-state index is 0.0388. The topological polar surface area (TPSA) is 130 Å². The molecule has 0 aliphatic carbocycles. The van der Waals surface area contributed by atoms with E-state index < -0.39 is 12.0 Å². The summed E-state index contributed by atoms with van der Waals surface area (Å²) in [5.74, 6) is -2.27. The van der Waals surface area contributed by atoms with E-state index in [0.717, 1.165) is 0 Å². The molecule has 0 aliphatic heterocycles. The molecule has 2 aromatic carbocycles. The first-order valence-electron chi connectivity index (χ1n) is 7.50. The third kappa shape index (κ3) is 5.12. The van der Waals surface area contributed by atoms with Crippen molar-refractivity contribution in [1.82, 2.24) is 5.32 Å². The molecule has 0 bridgehead atoms. The zero-order valence-electron chi connectivity index (χ0n) is 13.5. The summed E-state index contributed by atoms with van der Waals surface area (Å²) in [5.41, 5.74) is 1.08. The first kappa shape index (κ1) is 19.1. The molecule has 2 rings (SSSR count). The molecule has 0 radical (unpaired) electrons. The van der Waals surface area contributed by atoms with Crippen molar-refractivity contribution in [3.63, 3.8) is 0 Å². The molecule has 0 amide bonds. The Kier molecular flexibility index (Phi) is 6.03. The Bertz CT molecular complexity index is 865. The first-order chi connectivity index (χ1) is 12.3. The van der Waals surface area contributed by atoms with E-state index in [1.165, 1.54) is 36.4 Å². The van der Waals surface area contributed by atoms with Crippen molar-refractivity contribution in [2.24, 2.45) is 0 Å². The molecule has 0 aromatic heterocycles. The van der Waals surface area contributed by atoms with Crippen LogP contribution in [0.15, 0.2) is 42.5 Å². The van der Waals surface area contributed by atoms with Crippen molar-refractivity contribution in [2.75, 3.05) is 0 Å². The molecule has 26 heavy (non-hydrogen) atoms. The predicted octanol–water partition coefficient (Wildman–Crippen LogP) is 2.14. The highest BCUT2D eigenvalue weighted by atomic mass is 32.1. The molecular weight excluding hydrogens is 358 g/mol. The number of rotatable bonds is 6. The van der Waals surface area contributed by atoms with Crippen LogP contribution in [-0.4, -0.2) is 42.5 Å². The van der Waals surface area contributed by atoms with Gasteiger partial charge in [0.1, 0.15) is 6.04 Å². The number of phenolic OH excluding ortho intramolecular Hbond substituents is 4. The summed E-state index contributed by atoms with van der Waals surface area (Å²) in [4.78, 5) is 11.6. The van der Waals surface area contributed by atoms with Crippen LogP contribution in [0.1, 0.15) is 11.1 Å². The summed E-state index contributed by atoms with van der Waals surface area (Å²) in [6.45, 7) is 0. The molecule has 0 heterocycles. The van der Waals surface area contributed by atoms with Gasteiger partial charge in [-0.2, -0.15) is 0 Å². The maximum absolute atomic E-state index is 11.4.